The Kier molecular flexibility index (Phi) is 9.62. The quantitative estimate of drug-likeness (QED) is 0.196. The van der Waals surface area contributed by atoms with Gasteiger partial charge in [0.2, 0.25) is 5.91 Å². The van der Waals surface area contributed by atoms with E-state index in [0.29, 0.717) is 58.8 Å². The van der Waals surface area contributed by atoms with Crippen molar-refractivity contribution in [2.45, 2.75) is 84.5 Å². The monoisotopic (exact) mass is 745 g/mol. The molecule has 0 radical (unpaired) electrons. The molecule has 13 heteroatoms. The summed E-state index contributed by atoms with van der Waals surface area (Å²) >= 11 is 0. The first-order valence-corrected chi connectivity index (χ1v) is 19.5. The zero-order valence-electron chi connectivity index (χ0n) is 32.3. The number of nitrogens with zero attached hydrogens (tertiary/aromatic N) is 7. The summed E-state index contributed by atoms with van der Waals surface area (Å²) in [5, 5.41) is 16.9. The van der Waals surface area contributed by atoms with E-state index >= 15 is 0 Å². The Morgan fingerprint density at radius 3 is 2.62 bits per heavy atom. The molecule has 3 aromatic heterocycles. The highest BCUT2D eigenvalue weighted by Crippen LogP contribution is 2.40. The summed E-state index contributed by atoms with van der Waals surface area (Å²) in [7, 11) is 1.65. The second kappa shape index (κ2) is 14.4. The van der Waals surface area contributed by atoms with E-state index in [-0.39, 0.29) is 41.3 Å². The molecule has 1 atom stereocenters. The Balaban J connectivity index is 1.08. The van der Waals surface area contributed by atoms with E-state index in [9.17, 15) is 19.5 Å². The number of piperazine rings is 1. The van der Waals surface area contributed by atoms with Gasteiger partial charge in [-0.05, 0) is 80.0 Å². The lowest BCUT2D eigenvalue weighted by atomic mass is 9.90. The van der Waals surface area contributed by atoms with Crippen LogP contribution in [0.2, 0.25) is 0 Å². The number of anilines is 5. The molecule has 55 heavy (non-hydrogen) atoms. The molecular formula is C42H51N9O4. The number of fused-ring (bicyclic) bond motifs is 3. The van der Waals surface area contributed by atoms with Crippen molar-refractivity contribution in [2.24, 2.45) is 12.5 Å². The number of hydrogen-bond acceptors (Lipinski definition) is 9. The van der Waals surface area contributed by atoms with Gasteiger partial charge in [-0.1, -0.05) is 33.3 Å². The van der Waals surface area contributed by atoms with Crippen molar-refractivity contribution in [1.82, 2.24) is 24.0 Å². The highest BCUT2D eigenvalue weighted by Gasteiger charge is 2.38. The second-order valence-electron chi connectivity index (χ2n) is 16.4. The molecule has 2 aliphatic heterocycles. The number of rotatable bonds is 9. The first kappa shape index (κ1) is 36.7. The lowest BCUT2D eigenvalue weighted by Crippen LogP contribution is -2.54. The Hall–Kier alpha value is -5.27. The summed E-state index contributed by atoms with van der Waals surface area (Å²) in [6.07, 6.45) is 11.5. The fraction of sp³-hybridized carbons (Fsp3) is 0.452. The molecule has 2 fully saturated rings. The number of carbonyl (C=O) groups is 2. The van der Waals surface area contributed by atoms with Gasteiger partial charge >= 0.3 is 0 Å². The number of aliphatic hydroxyl groups is 1. The van der Waals surface area contributed by atoms with E-state index < -0.39 is 0 Å². The molecular weight excluding hydrogens is 695 g/mol. The van der Waals surface area contributed by atoms with Crippen molar-refractivity contribution >= 4 is 40.5 Å². The molecule has 1 saturated heterocycles. The van der Waals surface area contributed by atoms with Crippen molar-refractivity contribution in [2.75, 3.05) is 46.6 Å². The molecule has 5 heterocycles. The molecule has 13 nitrogen and oxygen atoms in total. The van der Waals surface area contributed by atoms with Crippen LogP contribution in [0.1, 0.15) is 73.8 Å². The van der Waals surface area contributed by atoms with Crippen LogP contribution in [0.3, 0.4) is 0 Å². The zero-order valence-corrected chi connectivity index (χ0v) is 32.3. The van der Waals surface area contributed by atoms with E-state index in [0.717, 1.165) is 38.2 Å². The molecule has 4 aromatic rings. The van der Waals surface area contributed by atoms with Gasteiger partial charge in [-0.2, -0.15) is 0 Å². The van der Waals surface area contributed by atoms with Crippen molar-refractivity contribution in [3.05, 3.63) is 88.2 Å². The largest absolute Gasteiger partial charge is 0.392 e. The minimum absolute atomic E-state index is 0.0684. The smallest absolute Gasteiger partial charge is 0.293 e. The van der Waals surface area contributed by atoms with E-state index in [1.54, 1.807) is 30.4 Å². The summed E-state index contributed by atoms with van der Waals surface area (Å²) in [6, 6.07) is 10.3. The van der Waals surface area contributed by atoms with E-state index in [1.165, 1.54) is 47.6 Å². The number of pyridine rings is 1. The average molecular weight is 746 g/mol. The summed E-state index contributed by atoms with van der Waals surface area (Å²) in [5.41, 5.74) is 6.44. The van der Waals surface area contributed by atoms with Crippen molar-refractivity contribution in [3.8, 4) is 11.3 Å². The molecule has 0 spiro atoms. The van der Waals surface area contributed by atoms with E-state index in [4.69, 9.17) is 4.98 Å². The maximum atomic E-state index is 14.0. The van der Waals surface area contributed by atoms with Gasteiger partial charge in [0.15, 0.2) is 5.82 Å². The Morgan fingerprint density at radius 1 is 1.07 bits per heavy atom. The highest BCUT2D eigenvalue weighted by molar-refractivity contribution is 6.06. The van der Waals surface area contributed by atoms with Crippen LogP contribution >= 0.6 is 0 Å². The first-order valence-electron chi connectivity index (χ1n) is 19.5. The highest BCUT2D eigenvalue weighted by atomic mass is 16.3. The van der Waals surface area contributed by atoms with Crippen LogP contribution in [0.15, 0.2) is 60.2 Å². The number of aryl methyl sites for hydroxylation is 1. The van der Waals surface area contributed by atoms with Crippen LogP contribution in [0.4, 0.5) is 28.7 Å². The van der Waals surface area contributed by atoms with Gasteiger partial charge in [0.05, 0.1) is 23.7 Å². The number of aromatic nitrogens is 4. The third-order valence-electron chi connectivity index (χ3n) is 11.9. The standard InChI is InChI=1S/C42H51N9O4/c1-6-37(53)45-32-20-28(11-12-34(32)49-16-15-48(23-26(49)2)29-9-7-8-10-29)44-38-41(55)47(5)24-33(46-38)30-13-14-43-39(31(30)25-52)51-18-17-50-35(40(51)54)19-27-21-42(3,4)22-36(27)50/h6,11-14,19-20,24,26,29,52H,1,7-10,15-18,21-23,25H2,2-5H3,(H,44,46)(H,45,53). The van der Waals surface area contributed by atoms with Gasteiger partial charge < -0.3 is 29.8 Å². The summed E-state index contributed by atoms with van der Waals surface area (Å²) in [6.45, 7) is 13.8. The molecule has 3 N–H and O–H groups in total. The minimum atomic E-state index is -0.386. The minimum Gasteiger partial charge on any atom is -0.392 e. The molecule has 8 rings (SSSR count). The third-order valence-corrected chi connectivity index (χ3v) is 11.9. The number of benzene rings is 1. The predicted octanol–water partition coefficient (Wildman–Crippen LogP) is 5.24. The van der Waals surface area contributed by atoms with Gasteiger partial charge in [-0.15, -0.1) is 0 Å². The molecule has 2 aliphatic carbocycles. The van der Waals surface area contributed by atoms with Crippen LogP contribution in [0, 0.1) is 5.41 Å². The van der Waals surface area contributed by atoms with E-state index in [1.807, 2.05) is 24.3 Å². The van der Waals surface area contributed by atoms with Crippen LogP contribution < -0.4 is 26.0 Å². The van der Waals surface area contributed by atoms with Crippen LogP contribution in [-0.2, 0) is 37.8 Å². The molecule has 1 unspecified atom stereocenters. The normalized spacial score (nSPS) is 19.7. The number of aliphatic hydroxyl groups excluding tert-OH is 1. The average Bonchev–Trinajstić information content (AvgIpc) is 3.89. The molecule has 4 aliphatic rings. The summed E-state index contributed by atoms with van der Waals surface area (Å²) < 4.78 is 3.59. The van der Waals surface area contributed by atoms with E-state index in [2.05, 4.69) is 57.3 Å². The lowest BCUT2D eigenvalue weighted by Gasteiger charge is -2.44. The van der Waals surface area contributed by atoms with Crippen LogP contribution in [-0.4, -0.2) is 79.2 Å². The number of carbonyl (C=O) groups excluding carboxylic acids is 2. The van der Waals surface area contributed by atoms with Gasteiger partial charge in [0.25, 0.3) is 11.5 Å². The molecule has 0 bridgehead atoms. The number of amides is 2. The molecule has 2 amide bonds. The summed E-state index contributed by atoms with van der Waals surface area (Å²) in [4.78, 5) is 56.1. The Bertz CT molecular complexity index is 2230. The number of nitrogens with one attached hydrogen (secondary N) is 2. The maximum Gasteiger partial charge on any atom is 0.293 e. The SMILES string of the molecule is C=CC(=O)Nc1cc(Nc2nc(-c3ccnc(N4CCn5c(cc6c5CC(C)(C)C6)C4=O)c3CO)cn(C)c2=O)ccc1N1CCN(C2CCCC2)CC1C. The van der Waals surface area contributed by atoms with Crippen molar-refractivity contribution in [1.29, 1.82) is 0 Å². The molecule has 1 aromatic carbocycles. The molecule has 1 saturated carbocycles. The fourth-order valence-corrected chi connectivity index (χ4v) is 9.27. The van der Waals surface area contributed by atoms with Crippen molar-refractivity contribution < 1.29 is 14.7 Å². The lowest BCUT2D eigenvalue weighted by molar-refractivity contribution is -0.111. The van der Waals surface area contributed by atoms with Gasteiger partial charge in [0.1, 0.15) is 11.5 Å². The predicted molar refractivity (Wildman–Crippen MR) is 215 cm³/mol. The summed E-state index contributed by atoms with van der Waals surface area (Å²) in [5.74, 6) is -0.0370. The Labute approximate surface area is 321 Å². The fourth-order valence-electron chi connectivity index (χ4n) is 9.27. The topological polar surface area (TPSA) is 141 Å². The Morgan fingerprint density at radius 2 is 1.87 bits per heavy atom. The third kappa shape index (κ3) is 6.84. The number of hydrogen-bond donors (Lipinski definition) is 3. The zero-order chi connectivity index (χ0) is 38.6. The molecule has 288 valence electrons. The van der Waals surface area contributed by atoms with Crippen LogP contribution in [0.5, 0.6) is 0 Å². The van der Waals surface area contributed by atoms with Gasteiger partial charge in [-0.25, -0.2) is 9.97 Å². The van der Waals surface area contributed by atoms with Gasteiger partial charge in [-0.3, -0.25) is 24.2 Å². The first-order chi connectivity index (χ1) is 26.4. The second-order valence-corrected chi connectivity index (χ2v) is 16.4. The van der Waals surface area contributed by atoms with Gasteiger partial charge in [0, 0.05) is 86.8 Å². The maximum absolute atomic E-state index is 14.0. The van der Waals surface area contributed by atoms with Crippen LogP contribution in [0.25, 0.3) is 11.3 Å². The van der Waals surface area contributed by atoms with Crippen molar-refractivity contribution in [3.63, 3.8) is 0 Å².